The Kier molecular flexibility index (Phi) is 13.6. The number of nitrogens with zero attached hydrogens (tertiary/aromatic N) is 4. The van der Waals surface area contributed by atoms with Crippen molar-refractivity contribution in [2.45, 2.75) is 26.7 Å². The Balaban J connectivity index is 0.713. The molecule has 0 saturated carbocycles. The number of aryl methyl sites for hydroxylation is 2. The molecule has 488 valence electrons. The van der Waals surface area contributed by atoms with Crippen molar-refractivity contribution in [1.29, 1.82) is 0 Å². The van der Waals surface area contributed by atoms with Gasteiger partial charge in [0.25, 0.3) is 0 Å². The van der Waals surface area contributed by atoms with Gasteiger partial charge in [0.2, 0.25) is 0 Å². The van der Waals surface area contributed by atoms with Crippen molar-refractivity contribution in [2.24, 2.45) is 0 Å². The molecule has 21 rings (SSSR count). The molecule has 104 heavy (non-hydrogen) atoms. The van der Waals surface area contributed by atoms with Gasteiger partial charge >= 0.3 is 0 Å². The van der Waals surface area contributed by atoms with E-state index in [0.29, 0.717) is 0 Å². The number of hydrogen-bond acceptors (Lipinski definition) is 0. The third-order valence-corrected chi connectivity index (χ3v) is 22.6. The molecule has 20 aromatic rings. The van der Waals surface area contributed by atoms with Gasteiger partial charge in [-0.25, -0.2) is 0 Å². The fraction of sp³-hybridized carbons (Fsp3) is 0.0400. The Morgan fingerprint density at radius 2 is 0.490 bits per heavy atom. The lowest BCUT2D eigenvalue weighted by atomic mass is 9.88. The smallest absolute Gasteiger partial charge is 0.0541 e. The van der Waals surface area contributed by atoms with Crippen molar-refractivity contribution >= 4 is 87.2 Å². The molecule has 1 aliphatic rings. The van der Waals surface area contributed by atoms with E-state index in [1.165, 1.54) is 155 Å². The molecule has 4 heterocycles. The molecule has 4 heteroatoms. The highest BCUT2D eigenvalue weighted by Crippen LogP contribution is 2.46. The molecule has 0 unspecified atom stereocenters. The lowest BCUT2D eigenvalue weighted by molar-refractivity contribution is 0.836. The van der Waals surface area contributed by atoms with Crippen LogP contribution < -0.4 is 0 Å². The molecule has 0 radical (unpaired) electrons. The van der Waals surface area contributed by atoms with Crippen LogP contribution in [-0.2, 0) is 12.8 Å². The van der Waals surface area contributed by atoms with Crippen LogP contribution in [0.2, 0.25) is 0 Å². The van der Waals surface area contributed by atoms with Gasteiger partial charge in [0, 0.05) is 65.8 Å². The van der Waals surface area contributed by atoms with Gasteiger partial charge in [0.1, 0.15) is 0 Å². The number of para-hydroxylation sites is 5. The van der Waals surface area contributed by atoms with Gasteiger partial charge in [-0.05, 0) is 260 Å². The Labute approximate surface area is 603 Å². The maximum Gasteiger partial charge on any atom is 0.0541 e. The van der Waals surface area contributed by atoms with E-state index in [9.17, 15) is 0 Å². The van der Waals surface area contributed by atoms with Crippen LogP contribution in [0, 0.1) is 13.8 Å². The van der Waals surface area contributed by atoms with Crippen molar-refractivity contribution in [1.82, 2.24) is 18.3 Å². The minimum Gasteiger partial charge on any atom is -0.309 e. The standard InChI is InChI=1S/C100H68N4/c1-63-81(67-24-8-4-9-25-67)32-20-33-82(63)75-53-76(58-80(57-75)104-96-39-19-15-31-88(96)92-62-72(46-51-100(92)104)70-44-49-98-90(60-70)86-29-13-17-37-94(86)102(98)78-47-42-66-40-41-68(66)54-78)84-35-21-34-83(64(84)2)74-52-73(65-22-6-3-7-23-65)55-79(56-74)103-95-38-18-14-30-87(95)91-61-71(45-50-99(91)103)69-43-48-97-89(59-69)85-28-12-16-36-93(85)101(97)77-26-10-5-11-27-77/h3-39,42-62H,40-41H2,1-2H3. The Bertz CT molecular complexity index is 6920. The minimum absolute atomic E-state index is 1.11. The van der Waals surface area contributed by atoms with Crippen LogP contribution in [-0.4, -0.2) is 18.3 Å². The Morgan fingerprint density at radius 1 is 0.173 bits per heavy atom. The van der Waals surface area contributed by atoms with Crippen LogP contribution in [0.15, 0.2) is 352 Å². The maximum atomic E-state index is 2.51. The van der Waals surface area contributed by atoms with Gasteiger partial charge in [0.05, 0.1) is 44.1 Å². The average molecular weight is 1330 g/mol. The average Bonchev–Trinajstić information content (AvgIpc) is 1.57. The minimum atomic E-state index is 1.11. The van der Waals surface area contributed by atoms with Crippen LogP contribution in [0.25, 0.3) is 188 Å². The molecule has 0 bridgehead atoms. The van der Waals surface area contributed by atoms with E-state index in [0.717, 1.165) is 67.8 Å². The summed E-state index contributed by atoms with van der Waals surface area (Å²) in [5, 5.41) is 9.87. The summed E-state index contributed by atoms with van der Waals surface area (Å²) < 4.78 is 9.85. The molecule has 0 spiro atoms. The largest absolute Gasteiger partial charge is 0.309 e. The van der Waals surface area contributed by atoms with E-state index in [1.807, 2.05) is 0 Å². The normalized spacial score (nSPS) is 12.2. The van der Waals surface area contributed by atoms with Crippen molar-refractivity contribution < 1.29 is 0 Å². The zero-order valence-electron chi connectivity index (χ0n) is 57.7. The quantitative estimate of drug-likeness (QED) is 0.123. The summed E-state index contributed by atoms with van der Waals surface area (Å²) in [7, 11) is 0. The summed E-state index contributed by atoms with van der Waals surface area (Å²) >= 11 is 0. The van der Waals surface area contributed by atoms with Crippen LogP contribution in [0.3, 0.4) is 0 Å². The Morgan fingerprint density at radius 3 is 0.885 bits per heavy atom. The van der Waals surface area contributed by atoms with Crippen molar-refractivity contribution in [3.05, 3.63) is 374 Å². The summed E-state index contributed by atoms with van der Waals surface area (Å²) in [4.78, 5) is 0. The molecule has 0 amide bonds. The van der Waals surface area contributed by atoms with E-state index in [1.54, 1.807) is 0 Å². The highest BCUT2D eigenvalue weighted by Gasteiger charge is 2.24. The van der Waals surface area contributed by atoms with Crippen molar-refractivity contribution in [3.8, 4) is 101 Å². The topological polar surface area (TPSA) is 19.7 Å². The van der Waals surface area contributed by atoms with E-state index in [-0.39, 0.29) is 0 Å². The molecule has 0 aliphatic heterocycles. The van der Waals surface area contributed by atoms with E-state index >= 15 is 0 Å². The van der Waals surface area contributed by atoms with Crippen molar-refractivity contribution in [2.75, 3.05) is 0 Å². The second-order valence-electron chi connectivity index (χ2n) is 28.4. The zero-order valence-corrected chi connectivity index (χ0v) is 57.7. The van der Waals surface area contributed by atoms with E-state index in [2.05, 4.69) is 384 Å². The summed E-state index contributed by atoms with van der Waals surface area (Å²) in [5.41, 5.74) is 36.1. The van der Waals surface area contributed by atoms with Gasteiger partial charge < -0.3 is 18.3 Å². The SMILES string of the molecule is Cc1c(-c2ccccc2)cccc1-c1cc(-c2cccc(-c3cc(-c4ccccc4)cc(-n4c5ccccc5c5cc(-c6ccc7c(c6)c6ccccc6n7-c6ccccc6)ccc54)c3)c2C)cc(-n2c3ccccc3c3cc(-c4ccc5c(c4)c4ccccc4n5-c4ccc5c(c4)CC5)ccc32)c1. The monoisotopic (exact) mass is 1320 g/mol. The highest BCUT2D eigenvalue weighted by molar-refractivity contribution is 6.15. The second-order valence-corrected chi connectivity index (χ2v) is 28.4. The van der Waals surface area contributed by atoms with Gasteiger partial charge in [-0.15, -0.1) is 0 Å². The fourth-order valence-electron chi connectivity index (χ4n) is 17.5. The van der Waals surface area contributed by atoms with Gasteiger partial charge in [-0.1, -0.05) is 218 Å². The van der Waals surface area contributed by atoms with Crippen LogP contribution in [0.5, 0.6) is 0 Å². The number of benzene rings is 16. The Hall–Kier alpha value is -13.3. The molecule has 0 fully saturated rings. The first-order chi connectivity index (χ1) is 51.4. The van der Waals surface area contributed by atoms with Crippen LogP contribution >= 0.6 is 0 Å². The third kappa shape index (κ3) is 9.45. The first kappa shape index (κ1) is 59.6. The molecule has 16 aromatic carbocycles. The van der Waals surface area contributed by atoms with E-state index in [4.69, 9.17) is 0 Å². The lowest BCUT2D eigenvalue weighted by Crippen LogP contribution is -2.09. The number of aromatic nitrogens is 4. The number of rotatable bonds is 11. The summed E-state index contributed by atoms with van der Waals surface area (Å²) in [6.07, 6.45) is 2.32. The van der Waals surface area contributed by atoms with Crippen molar-refractivity contribution in [3.63, 3.8) is 0 Å². The fourth-order valence-corrected chi connectivity index (χ4v) is 17.5. The summed E-state index contributed by atoms with van der Waals surface area (Å²) in [6, 6.07) is 132. The number of hydrogen-bond donors (Lipinski definition) is 0. The predicted octanol–water partition coefficient (Wildman–Crippen LogP) is 26.5. The molecule has 4 nitrogen and oxygen atoms in total. The molecule has 4 aromatic heterocycles. The molecule has 0 atom stereocenters. The van der Waals surface area contributed by atoms with E-state index < -0.39 is 0 Å². The second kappa shape index (κ2) is 23.7. The van der Waals surface area contributed by atoms with Gasteiger partial charge in [-0.2, -0.15) is 0 Å². The molecule has 0 N–H and O–H groups in total. The molecular formula is C100H68N4. The summed E-state index contributed by atoms with van der Waals surface area (Å²) in [6.45, 7) is 4.62. The molecule has 0 saturated heterocycles. The third-order valence-electron chi connectivity index (χ3n) is 22.6. The van der Waals surface area contributed by atoms with Gasteiger partial charge in [-0.3, -0.25) is 0 Å². The first-order valence-corrected chi connectivity index (χ1v) is 36.3. The molecule has 1 aliphatic carbocycles. The van der Waals surface area contributed by atoms with Gasteiger partial charge in [0.15, 0.2) is 0 Å². The maximum absolute atomic E-state index is 2.51. The zero-order chi connectivity index (χ0) is 68.7. The molecular weight excluding hydrogens is 1260 g/mol. The summed E-state index contributed by atoms with van der Waals surface area (Å²) in [5.74, 6) is 0. The lowest BCUT2D eigenvalue weighted by Gasteiger charge is -2.20. The first-order valence-electron chi connectivity index (χ1n) is 36.3. The highest BCUT2D eigenvalue weighted by atomic mass is 15.0. The number of fused-ring (bicyclic) bond motifs is 13. The van der Waals surface area contributed by atoms with Crippen LogP contribution in [0.1, 0.15) is 22.3 Å². The van der Waals surface area contributed by atoms with Crippen LogP contribution in [0.4, 0.5) is 0 Å². The predicted molar refractivity (Wildman–Crippen MR) is 439 cm³/mol.